The van der Waals surface area contributed by atoms with Crippen LogP contribution in [0.1, 0.15) is 28.7 Å². The number of amides is 1. The number of carbonyl (C=O) groups excluding carboxylic acids is 1. The lowest BCUT2D eigenvalue weighted by molar-refractivity contribution is 0.0941. The van der Waals surface area contributed by atoms with E-state index >= 15 is 0 Å². The molecule has 0 aliphatic rings. The Labute approximate surface area is 162 Å². The van der Waals surface area contributed by atoms with Crippen molar-refractivity contribution in [3.05, 3.63) is 56.5 Å². The molecule has 0 radical (unpaired) electrons. The van der Waals surface area contributed by atoms with Crippen LogP contribution in [-0.2, 0) is 20.0 Å². The monoisotopic (exact) mass is 473 g/mol. The molecule has 0 spiro atoms. The summed E-state index contributed by atoms with van der Waals surface area (Å²) in [6.07, 6.45) is 2.45. The molecule has 1 N–H and O–H groups in total. The van der Waals surface area contributed by atoms with Crippen molar-refractivity contribution in [2.24, 2.45) is 7.05 Å². The molecule has 0 bridgehead atoms. The Morgan fingerprint density at radius 1 is 1.44 bits per heavy atom. The topological polar surface area (TPSA) is 56.1 Å². The van der Waals surface area contributed by atoms with Crippen molar-refractivity contribution in [2.75, 3.05) is 6.61 Å². The summed E-state index contributed by atoms with van der Waals surface area (Å²) in [7, 11) is 1.71. The third kappa shape index (κ3) is 5.40. The minimum Gasteiger partial charge on any atom is -0.486 e. The first kappa shape index (κ1) is 19.7. The van der Waals surface area contributed by atoms with E-state index in [9.17, 15) is 9.18 Å². The van der Waals surface area contributed by atoms with Gasteiger partial charge in [-0.3, -0.25) is 9.48 Å². The summed E-state index contributed by atoms with van der Waals surface area (Å²) in [6, 6.07) is 6.58. The normalized spacial score (nSPS) is 10.4. The van der Waals surface area contributed by atoms with E-state index in [1.165, 1.54) is 4.68 Å². The summed E-state index contributed by atoms with van der Waals surface area (Å²) < 4.78 is 22.1. The van der Waals surface area contributed by atoms with Gasteiger partial charge in [0, 0.05) is 19.2 Å². The Morgan fingerprint density at radius 2 is 2.20 bits per heavy atom. The molecule has 1 amide bonds. The van der Waals surface area contributed by atoms with Gasteiger partial charge in [0.2, 0.25) is 0 Å². The molecule has 0 fully saturated rings. The number of hydrogen-bond acceptors (Lipinski definition) is 3. The highest BCUT2D eigenvalue weighted by atomic mass is 79.9. The lowest BCUT2D eigenvalue weighted by Crippen LogP contribution is -2.25. The Morgan fingerprint density at radius 3 is 2.84 bits per heavy atom. The third-order valence-corrected chi connectivity index (χ3v) is 4.13. The van der Waals surface area contributed by atoms with E-state index < -0.39 is 5.82 Å². The number of benzene rings is 1. The van der Waals surface area contributed by atoms with Crippen molar-refractivity contribution >= 4 is 37.8 Å². The van der Waals surface area contributed by atoms with Crippen molar-refractivity contribution in [1.29, 1.82) is 0 Å². The van der Waals surface area contributed by atoms with Gasteiger partial charge in [-0.15, -0.1) is 0 Å². The number of rotatable bonds is 7. The van der Waals surface area contributed by atoms with Crippen LogP contribution in [0.15, 0.2) is 33.7 Å². The van der Waals surface area contributed by atoms with Gasteiger partial charge in [-0.2, -0.15) is 5.10 Å². The summed E-state index contributed by atoms with van der Waals surface area (Å²) in [4.78, 5) is 12.3. The first-order valence-electron chi connectivity index (χ1n) is 7.64. The Hall–Kier alpha value is -1.67. The number of carbonyl (C=O) groups is 1. The van der Waals surface area contributed by atoms with E-state index in [0.717, 1.165) is 15.5 Å². The number of ether oxygens (including phenoxy) is 1. The Kier molecular flexibility index (Phi) is 7.19. The number of nitrogens with zero attached hydrogens (tertiary/aromatic N) is 2. The van der Waals surface area contributed by atoms with Gasteiger partial charge >= 0.3 is 0 Å². The van der Waals surface area contributed by atoms with E-state index in [1.807, 2.05) is 6.92 Å². The molecule has 1 heterocycles. The predicted octanol–water partition coefficient (Wildman–Crippen LogP) is 4.06. The Balaban J connectivity index is 2.03. The van der Waals surface area contributed by atoms with E-state index in [0.29, 0.717) is 11.3 Å². The molecule has 2 rings (SSSR count). The molecule has 8 heteroatoms. The molecule has 2 aromatic rings. The molecule has 0 atom stereocenters. The van der Waals surface area contributed by atoms with Crippen LogP contribution in [0.5, 0.6) is 5.75 Å². The highest BCUT2D eigenvalue weighted by Gasteiger charge is 2.14. The van der Waals surface area contributed by atoms with Crippen LogP contribution in [0, 0.1) is 5.82 Å². The van der Waals surface area contributed by atoms with Crippen molar-refractivity contribution < 1.29 is 13.9 Å². The van der Waals surface area contributed by atoms with E-state index in [-0.39, 0.29) is 24.8 Å². The molecule has 1 aromatic carbocycles. The maximum Gasteiger partial charge on any atom is 0.269 e. The Bertz CT molecular complexity index is 786. The lowest BCUT2D eigenvalue weighted by Gasteiger charge is -2.10. The summed E-state index contributed by atoms with van der Waals surface area (Å²) in [5.41, 5.74) is 1.63. The van der Waals surface area contributed by atoms with Gasteiger partial charge in [-0.1, -0.05) is 19.1 Å². The zero-order valence-corrected chi connectivity index (χ0v) is 17.0. The number of hydrogen-bond donors (Lipinski definition) is 1. The average molecular weight is 475 g/mol. The molecule has 25 heavy (non-hydrogen) atoms. The fourth-order valence-corrected chi connectivity index (χ4v) is 2.44. The fourth-order valence-electron chi connectivity index (χ4n) is 2.18. The van der Waals surface area contributed by atoms with Gasteiger partial charge in [0.1, 0.15) is 12.3 Å². The largest absolute Gasteiger partial charge is 0.486 e. The van der Waals surface area contributed by atoms with E-state index in [2.05, 4.69) is 42.3 Å². The van der Waals surface area contributed by atoms with E-state index in [4.69, 9.17) is 4.74 Å². The highest BCUT2D eigenvalue weighted by molar-refractivity contribution is 9.28. The summed E-state index contributed by atoms with van der Waals surface area (Å²) in [5, 5.41) is 6.95. The number of aryl methyl sites for hydroxylation is 2. The quantitative estimate of drug-likeness (QED) is 0.658. The van der Waals surface area contributed by atoms with Crippen molar-refractivity contribution in [3.63, 3.8) is 0 Å². The predicted molar refractivity (Wildman–Crippen MR) is 102 cm³/mol. The first-order valence-corrected chi connectivity index (χ1v) is 9.23. The van der Waals surface area contributed by atoms with Gasteiger partial charge in [-0.05, 0) is 56.5 Å². The van der Waals surface area contributed by atoms with Crippen molar-refractivity contribution in [2.45, 2.75) is 19.9 Å². The first-order chi connectivity index (χ1) is 11.9. The minimum absolute atomic E-state index is 0.0620. The third-order valence-electron chi connectivity index (χ3n) is 3.48. The van der Waals surface area contributed by atoms with Gasteiger partial charge in [0.25, 0.3) is 5.91 Å². The fraction of sp³-hybridized carbons (Fsp3) is 0.294. The number of aromatic nitrogens is 2. The second kappa shape index (κ2) is 9.15. The molecule has 134 valence electrons. The van der Waals surface area contributed by atoms with Gasteiger partial charge in [0.05, 0.1) is 9.09 Å². The maximum atomic E-state index is 14.4. The van der Waals surface area contributed by atoms with Crippen LogP contribution >= 0.6 is 31.9 Å². The zero-order chi connectivity index (χ0) is 18.4. The molecule has 0 saturated carbocycles. The van der Waals surface area contributed by atoms with Crippen LogP contribution < -0.4 is 10.1 Å². The molecule has 0 aliphatic heterocycles. The average Bonchev–Trinajstić information content (AvgIpc) is 2.96. The lowest BCUT2D eigenvalue weighted by atomic mass is 10.2. The number of nitrogens with one attached hydrogen (secondary N) is 1. The summed E-state index contributed by atoms with van der Waals surface area (Å²) in [5.74, 6) is -0.647. The van der Waals surface area contributed by atoms with Gasteiger partial charge < -0.3 is 10.1 Å². The molecule has 5 nitrogen and oxygen atoms in total. The van der Waals surface area contributed by atoms with Crippen molar-refractivity contribution in [1.82, 2.24) is 15.1 Å². The second-order valence-corrected chi connectivity index (χ2v) is 7.99. The second-order valence-electron chi connectivity index (χ2n) is 5.21. The van der Waals surface area contributed by atoms with Crippen LogP contribution in [0.25, 0.3) is 0 Å². The van der Waals surface area contributed by atoms with E-state index in [1.54, 1.807) is 37.4 Å². The minimum atomic E-state index is -0.485. The zero-order valence-electron chi connectivity index (χ0n) is 13.9. The smallest absolute Gasteiger partial charge is 0.269 e. The standard InChI is InChI=1S/C17H18Br2FN3O2/c1-3-12-9-13(23(2)22-12)17(24)21-10-11-5-4-6-14(16(11)20)25-8-7-15(18)19/h4-7,9H,3,8,10H2,1-2H3,(H,21,24). The molecular weight excluding hydrogens is 457 g/mol. The van der Waals surface area contributed by atoms with Crippen LogP contribution in [0.2, 0.25) is 0 Å². The SMILES string of the molecule is CCc1cc(C(=O)NCc2cccc(OCC=C(Br)Br)c2F)n(C)n1. The van der Waals surface area contributed by atoms with Crippen LogP contribution in [0.3, 0.4) is 0 Å². The van der Waals surface area contributed by atoms with Crippen molar-refractivity contribution in [3.8, 4) is 5.75 Å². The number of halogens is 3. The molecular formula is C17H18Br2FN3O2. The molecule has 0 aliphatic carbocycles. The molecule has 0 unspecified atom stereocenters. The maximum absolute atomic E-state index is 14.4. The summed E-state index contributed by atoms with van der Waals surface area (Å²) >= 11 is 6.41. The van der Waals surface area contributed by atoms with Gasteiger partial charge in [-0.25, -0.2) is 4.39 Å². The highest BCUT2D eigenvalue weighted by Crippen LogP contribution is 2.21. The summed E-state index contributed by atoms with van der Waals surface area (Å²) in [6.45, 7) is 2.24. The van der Waals surface area contributed by atoms with Crippen LogP contribution in [-0.4, -0.2) is 22.3 Å². The molecule has 1 aromatic heterocycles. The molecule has 0 saturated heterocycles. The van der Waals surface area contributed by atoms with Crippen LogP contribution in [0.4, 0.5) is 4.39 Å². The van der Waals surface area contributed by atoms with Gasteiger partial charge in [0.15, 0.2) is 11.6 Å².